The van der Waals surface area contributed by atoms with Gasteiger partial charge in [-0.1, -0.05) is 12.8 Å². The van der Waals surface area contributed by atoms with E-state index in [1.54, 1.807) is 0 Å². The largest absolute Gasteiger partial charge is 0.481 e. The van der Waals surface area contributed by atoms with E-state index >= 15 is 0 Å². The average Bonchev–Trinajstić information content (AvgIpc) is 3.26. The van der Waals surface area contributed by atoms with E-state index in [0.29, 0.717) is 16.9 Å². The number of hydrogen-bond donors (Lipinski definition) is 6. The van der Waals surface area contributed by atoms with Crippen LogP contribution in [-0.2, 0) is 14.3 Å². The Labute approximate surface area is 194 Å². The average molecular weight is 483 g/mol. The molecular weight excluding hydrogens is 440 g/mol. The second-order valence-corrected chi connectivity index (χ2v) is 10.2. The molecule has 2 rings (SSSR count). The van der Waals surface area contributed by atoms with Gasteiger partial charge in [0.05, 0.1) is 7.11 Å². The molecule has 184 valence electrons. The minimum absolute atomic E-state index is 0.0878. The van der Waals surface area contributed by atoms with Gasteiger partial charge in [0.1, 0.15) is 0 Å². The number of carboxylic acid groups (broad SMARTS) is 1. The summed E-state index contributed by atoms with van der Waals surface area (Å²) in [6.45, 7) is 0. The standard InChI is InChI=1S/C10H20N2O2S.C9H18N2O2S.CH4O/c1-14-9(13)5-3-2-4-8-10(12)7(11)6-15-8;10-6-5-14-7(9(6)11)3-1-2-4-8(12)13;1-2/h7-8,10H,2-6,11-12H2,1H3;6-7,9H,1-5,10-11H2,(H,12,13);2H,1H3/t7-,8-,10-;6-,7-,9-;/m00./s1. The van der Waals surface area contributed by atoms with Crippen molar-refractivity contribution in [1.82, 2.24) is 0 Å². The van der Waals surface area contributed by atoms with E-state index in [-0.39, 0.29) is 36.6 Å². The lowest BCUT2D eigenvalue weighted by Gasteiger charge is -2.16. The molecule has 2 aliphatic rings. The van der Waals surface area contributed by atoms with Gasteiger partial charge in [-0.25, -0.2) is 0 Å². The molecule has 2 heterocycles. The second-order valence-electron chi connectivity index (χ2n) is 7.69. The van der Waals surface area contributed by atoms with Gasteiger partial charge in [-0.2, -0.15) is 23.5 Å². The molecule has 0 bridgehead atoms. The molecule has 0 unspecified atom stereocenters. The van der Waals surface area contributed by atoms with Crippen LogP contribution in [0.2, 0.25) is 0 Å². The number of methoxy groups -OCH3 is 1. The summed E-state index contributed by atoms with van der Waals surface area (Å²) < 4.78 is 4.57. The number of rotatable bonds is 10. The Morgan fingerprint density at radius 1 is 0.839 bits per heavy atom. The maximum atomic E-state index is 10.9. The first-order valence-electron chi connectivity index (χ1n) is 10.7. The molecule has 31 heavy (non-hydrogen) atoms. The molecule has 2 saturated heterocycles. The highest BCUT2D eigenvalue weighted by molar-refractivity contribution is 8.00. The van der Waals surface area contributed by atoms with Crippen LogP contribution in [0.5, 0.6) is 0 Å². The van der Waals surface area contributed by atoms with E-state index in [1.807, 2.05) is 23.5 Å². The maximum absolute atomic E-state index is 10.9. The van der Waals surface area contributed by atoms with Crippen LogP contribution in [-0.4, -0.2) is 82.5 Å². The first-order chi connectivity index (χ1) is 14.8. The molecule has 0 amide bonds. The Morgan fingerprint density at radius 2 is 1.26 bits per heavy atom. The number of carboxylic acids is 1. The Morgan fingerprint density at radius 3 is 1.58 bits per heavy atom. The van der Waals surface area contributed by atoms with E-state index in [2.05, 4.69) is 4.74 Å². The predicted octanol–water partition coefficient (Wildman–Crippen LogP) is 0.500. The summed E-state index contributed by atoms with van der Waals surface area (Å²) in [4.78, 5) is 21.1. The Kier molecular flexibility index (Phi) is 17.6. The van der Waals surface area contributed by atoms with Crippen LogP contribution in [0.4, 0.5) is 0 Å². The number of unbranched alkanes of at least 4 members (excludes halogenated alkanes) is 2. The van der Waals surface area contributed by atoms with Gasteiger partial charge in [-0.15, -0.1) is 0 Å². The smallest absolute Gasteiger partial charge is 0.305 e. The first kappa shape index (κ1) is 30.4. The molecule has 11 heteroatoms. The number of aliphatic hydroxyl groups excluding tert-OH is 1. The van der Waals surface area contributed by atoms with Gasteiger partial charge in [0.25, 0.3) is 0 Å². The number of nitrogens with two attached hydrogens (primary N) is 4. The molecule has 0 saturated carbocycles. The summed E-state index contributed by atoms with van der Waals surface area (Å²) in [7, 11) is 2.42. The van der Waals surface area contributed by atoms with Crippen molar-refractivity contribution in [2.75, 3.05) is 25.7 Å². The lowest BCUT2D eigenvalue weighted by molar-refractivity contribution is -0.141. The number of carbonyl (C=O) groups is 2. The quantitative estimate of drug-likeness (QED) is 0.188. The highest BCUT2D eigenvalue weighted by Gasteiger charge is 2.31. The van der Waals surface area contributed by atoms with Gasteiger partial charge in [0, 0.05) is 66.1 Å². The normalized spacial score (nSPS) is 29.4. The third-order valence-electron chi connectivity index (χ3n) is 5.33. The van der Waals surface area contributed by atoms with Crippen molar-refractivity contribution >= 4 is 35.5 Å². The Bertz CT molecular complexity index is 504. The van der Waals surface area contributed by atoms with Crippen LogP contribution < -0.4 is 22.9 Å². The summed E-state index contributed by atoms with van der Waals surface area (Å²) in [6.07, 6.45) is 6.40. The Balaban J connectivity index is 0.000000539. The van der Waals surface area contributed by atoms with Crippen molar-refractivity contribution < 1.29 is 24.5 Å². The predicted molar refractivity (Wildman–Crippen MR) is 129 cm³/mol. The fraction of sp³-hybridized carbons (Fsp3) is 0.900. The lowest BCUT2D eigenvalue weighted by Crippen LogP contribution is -2.43. The molecular formula is C20H42N4O5S2. The number of aliphatic hydroxyl groups is 1. The van der Waals surface area contributed by atoms with Gasteiger partial charge < -0.3 is 37.9 Å². The molecule has 0 aromatic heterocycles. The van der Waals surface area contributed by atoms with Crippen LogP contribution in [0.1, 0.15) is 51.4 Å². The summed E-state index contributed by atoms with van der Waals surface area (Å²) in [5.74, 6) is 1.05. The fourth-order valence-electron chi connectivity index (χ4n) is 3.36. The molecule has 0 aliphatic carbocycles. The van der Waals surface area contributed by atoms with E-state index in [0.717, 1.165) is 57.1 Å². The molecule has 2 fully saturated rings. The van der Waals surface area contributed by atoms with Crippen LogP contribution >= 0.6 is 23.5 Å². The second kappa shape index (κ2) is 17.9. The van der Waals surface area contributed by atoms with Crippen LogP contribution in [0.25, 0.3) is 0 Å². The van der Waals surface area contributed by atoms with E-state index in [9.17, 15) is 9.59 Å². The summed E-state index contributed by atoms with van der Waals surface area (Å²) >= 11 is 3.68. The first-order valence-corrected chi connectivity index (χ1v) is 12.8. The van der Waals surface area contributed by atoms with Crippen molar-refractivity contribution in [2.24, 2.45) is 22.9 Å². The molecule has 0 radical (unpaired) electrons. The van der Waals surface area contributed by atoms with Gasteiger partial charge in [0.2, 0.25) is 0 Å². The van der Waals surface area contributed by atoms with Gasteiger partial charge in [-0.05, 0) is 25.7 Å². The zero-order valence-corrected chi connectivity index (χ0v) is 20.4. The number of carbonyl (C=O) groups excluding carboxylic acids is 1. The van der Waals surface area contributed by atoms with Crippen LogP contribution in [0.15, 0.2) is 0 Å². The number of esters is 1. The highest BCUT2D eigenvalue weighted by atomic mass is 32.2. The summed E-state index contributed by atoms with van der Waals surface area (Å²) in [6, 6.07) is 0.461. The van der Waals surface area contributed by atoms with E-state index in [4.69, 9.17) is 33.1 Å². The third kappa shape index (κ3) is 12.9. The zero-order valence-electron chi connectivity index (χ0n) is 18.8. The minimum Gasteiger partial charge on any atom is -0.481 e. The van der Waals surface area contributed by atoms with E-state index in [1.165, 1.54) is 7.11 Å². The molecule has 2 aliphatic heterocycles. The number of thioether (sulfide) groups is 2. The maximum Gasteiger partial charge on any atom is 0.305 e. The van der Waals surface area contributed by atoms with Crippen molar-refractivity contribution in [3.05, 3.63) is 0 Å². The number of hydrogen-bond acceptors (Lipinski definition) is 10. The lowest BCUT2D eigenvalue weighted by atomic mass is 10.0. The molecule has 6 atom stereocenters. The molecule has 0 aromatic rings. The van der Waals surface area contributed by atoms with Crippen molar-refractivity contribution in [2.45, 2.75) is 86.0 Å². The van der Waals surface area contributed by atoms with Gasteiger partial charge in [-0.3, -0.25) is 9.59 Å². The SMILES string of the molecule is CO.COC(=O)CCCC[C@@H]1SC[C@H](N)[C@@H]1N.N[C@@H]1[C@H](CCCCC(=O)O)SC[C@@H]1N. The zero-order chi connectivity index (χ0) is 23.8. The Hall–Kier alpha value is -0.560. The molecule has 9 nitrogen and oxygen atoms in total. The van der Waals surface area contributed by atoms with Crippen LogP contribution in [0.3, 0.4) is 0 Å². The topological polar surface area (TPSA) is 188 Å². The van der Waals surface area contributed by atoms with E-state index < -0.39 is 5.97 Å². The summed E-state index contributed by atoms with van der Waals surface area (Å²) in [5, 5.41) is 16.3. The summed E-state index contributed by atoms with van der Waals surface area (Å²) in [5.41, 5.74) is 23.5. The van der Waals surface area contributed by atoms with Crippen molar-refractivity contribution in [3.63, 3.8) is 0 Å². The highest BCUT2D eigenvalue weighted by Crippen LogP contribution is 2.29. The molecule has 0 spiro atoms. The molecule has 10 N–H and O–H groups in total. The van der Waals surface area contributed by atoms with Gasteiger partial charge >= 0.3 is 11.9 Å². The monoisotopic (exact) mass is 482 g/mol. The van der Waals surface area contributed by atoms with Crippen molar-refractivity contribution in [3.8, 4) is 0 Å². The minimum atomic E-state index is -0.718. The fourth-order valence-corrected chi connectivity index (χ4v) is 6.25. The van der Waals surface area contributed by atoms with Gasteiger partial charge in [0.15, 0.2) is 0 Å². The van der Waals surface area contributed by atoms with Crippen molar-refractivity contribution in [1.29, 1.82) is 0 Å². The van der Waals surface area contributed by atoms with Crippen LogP contribution in [0, 0.1) is 0 Å². The number of aliphatic carboxylic acids is 1. The molecule has 0 aromatic carbocycles. The number of ether oxygens (including phenoxy) is 1. The third-order valence-corrected chi connectivity index (χ3v) is 8.44.